The summed E-state index contributed by atoms with van der Waals surface area (Å²) in [5, 5.41) is 0.325. The van der Waals surface area contributed by atoms with Crippen molar-refractivity contribution in [3.63, 3.8) is 0 Å². The van der Waals surface area contributed by atoms with Crippen molar-refractivity contribution >= 4 is 17.7 Å². The zero-order valence-corrected chi connectivity index (χ0v) is 19.5. The van der Waals surface area contributed by atoms with Crippen LogP contribution >= 0.6 is 11.6 Å². The maximum absolute atomic E-state index is 14.4. The first kappa shape index (κ1) is 22.7. The molecule has 172 valence electrons. The van der Waals surface area contributed by atoms with E-state index in [1.54, 1.807) is 17.0 Å². The molecule has 2 aliphatic rings. The van der Waals surface area contributed by atoms with Gasteiger partial charge in [-0.05, 0) is 63.3 Å². The van der Waals surface area contributed by atoms with E-state index in [2.05, 4.69) is 6.92 Å². The normalized spacial score (nSPS) is 18.7. The number of nitrogens with zero attached hydrogens (tertiary/aromatic N) is 1. The smallest absolute Gasteiger partial charge is 0.410 e. The maximum Gasteiger partial charge on any atom is 0.410 e. The second kappa shape index (κ2) is 9.18. The molecule has 0 saturated carbocycles. The molecule has 2 aromatic carbocycles. The molecule has 0 unspecified atom stereocenters. The Hall–Kier alpha value is -2.47. The van der Waals surface area contributed by atoms with Crippen molar-refractivity contribution in [1.82, 2.24) is 4.90 Å². The fourth-order valence-corrected chi connectivity index (χ4v) is 4.63. The van der Waals surface area contributed by atoms with Crippen LogP contribution in [0.25, 0.3) is 0 Å². The van der Waals surface area contributed by atoms with Crippen molar-refractivity contribution in [3.8, 4) is 11.5 Å². The lowest BCUT2D eigenvalue weighted by molar-refractivity contribution is 0.00434. The molecule has 1 amide bonds. The van der Waals surface area contributed by atoms with Gasteiger partial charge in [0.25, 0.3) is 6.29 Å². The van der Waals surface area contributed by atoms with Gasteiger partial charge in [-0.15, -0.1) is 0 Å². The highest BCUT2D eigenvalue weighted by Gasteiger charge is 2.34. The van der Waals surface area contributed by atoms with E-state index in [0.29, 0.717) is 35.2 Å². The summed E-state index contributed by atoms with van der Waals surface area (Å²) in [4.78, 5) is 14.4. The van der Waals surface area contributed by atoms with Gasteiger partial charge in [-0.25, -0.2) is 9.18 Å². The molecule has 1 atom stereocenters. The fourth-order valence-electron chi connectivity index (χ4n) is 4.47. The number of fused-ring (bicyclic) bond motifs is 1. The van der Waals surface area contributed by atoms with Crippen molar-refractivity contribution in [2.75, 3.05) is 13.1 Å². The number of amides is 1. The average molecular weight is 462 g/mol. The minimum Gasteiger partial charge on any atom is -0.447 e. The first-order chi connectivity index (χ1) is 15.3. The summed E-state index contributed by atoms with van der Waals surface area (Å²) in [6.45, 7) is 7.21. The Bertz CT molecular complexity index is 988. The average Bonchev–Trinajstić information content (AvgIpc) is 3.17. The first-order valence-corrected chi connectivity index (χ1v) is 11.5. The van der Waals surface area contributed by atoms with Crippen molar-refractivity contribution < 1.29 is 23.4 Å². The minimum absolute atomic E-state index is 0.218. The zero-order chi connectivity index (χ0) is 22.9. The predicted octanol–water partition coefficient (Wildman–Crippen LogP) is 6.84. The van der Waals surface area contributed by atoms with Gasteiger partial charge in [-0.3, -0.25) is 0 Å². The molecule has 1 saturated heterocycles. The Balaban J connectivity index is 1.42. The molecule has 2 aliphatic heterocycles. The van der Waals surface area contributed by atoms with Gasteiger partial charge in [0.1, 0.15) is 11.4 Å². The van der Waals surface area contributed by atoms with E-state index < -0.39 is 17.7 Å². The van der Waals surface area contributed by atoms with Crippen molar-refractivity contribution in [3.05, 3.63) is 58.4 Å². The summed E-state index contributed by atoms with van der Waals surface area (Å²) in [7, 11) is 0. The lowest BCUT2D eigenvalue weighted by Gasteiger charge is -2.34. The number of hydrogen-bond acceptors (Lipinski definition) is 4. The van der Waals surface area contributed by atoms with Gasteiger partial charge in [0.15, 0.2) is 11.5 Å². The van der Waals surface area contributed by atoms with Crippen molar-refractivity contribution in [2.24, 2.45) is 0 Å². The summed E-state index contributed by atoms with van der Waals surface area (Å²) >= 11 is 5.87. The monoisotopic (exact) mass is 461 g/mol. The summed E-state index contributed by atoms with van der Waals surface area (Å²) in [6, 6.07) is 10.2. The van der Waals surface area contributed by atoms with Gasteiger partial charge in [0, 0.05) is 23.7 Å². The molecule has 1 fully saturated rings. The zero-order valence-electron chi connectivity index (χ0n) is 18.7. The maximum atomic E-state index is 14.4. The number of hydrogen-bond donors (Lipinski definition) is 0. The van der Waals surface area contributed by atoms with E-state index in [1.807, 2.05) is 32.0 Å². The highest BCUT2D eigenvalue weighted by atomic mass is 35.5. The topological polar surface area (TPSA) is 48.0 Å². The van der Waals surface area contributed by atoms with Crippen LogP contribution in [0.15, 0.2) is 36.4 Å². The number of likely N-dealkylation sites (tertiary alicyclic amines) is 1. The number of piperidine rings is 1. The van der Waals surface area contributed by atoms with Gasteiger partial charge in [0.05, 0.1) is 5.56 Å². The van der Waals surface area contributed by atoms with Gasteiger partial charge in [-0.2, -0.15) is 0 Å². The Morgan fingerprint density at radius 1 is 1.19 bits per heavy atom. The lowest BCUT2D eigenvalue weighted by Crippen LogP contribution is -2.42. The molecule has 0 aromatic heterocycles. The van der Waals surface area contributed by atoms with Gasteiger partial charge in [0.2, 0.25) is 0 Å². The molecule has 0 bridgehead atoms. The predicted molar refractivity (Wildman–Crippen MR) is 121 cm³/mol. The quantitative estimate of drug-likeness (QED) is 0.488. The largest absolute Gasteiger partial charge is 0.447 e. The molecule has 0 N–H and O–H groups in total. The van der Waals surface area contributed by atoms with E-state index >= 15 is 0 Å². The summed E-state index contributed by atoms with van der Waals surface area (Å²) in [6.07, 6.45) is 2.28. The van der Waals surface area contributed by atoms with E-state index in [4.69, 9.17) is 25.8 Å². The third-order valence-corrected chi connectivity index (χ3v) is 6.33. The SMILES string of the molecule is CCCC(C)(C)OC(=O)N1CCC(c2cccc3c2O[C@H](c2ccc(Cl)cc2F)O3)CC1. The van der Waals surface area contributed by atoms with Crippen LogP contribution in [0.4, 0.5) is 9.18 Å². The van der Waals surface area contributed by atoms with Crippen LogP contribution in [0.5, 0.6) is 11.5 Å². The number of halogens is 2. The third-order valence-electron chi connectivity index (χ3n) is 6.09. The van der Waals surface area contributed by atoms with Crippen LogP contribution in [0, 0.1) is 5.82 Å². The standard InChI is InChI=1S/C25H29ClFNO4/c1-4-12-25(2,3)32-24(29)28-13-10-16(11-14-28)18-6-5-7-21-22(18)31-23(30-21)19-9-8-17(26)15-20(19)27/h5-9,15-16,23H,4,10-14H2,1-3H3/t23-/m1/s1. The summed E-state index contributed by atoms with van der Waals surface area (Å²) in [5.41, 5.74) is 0.877. The van der Waals surface area contributed by atoms with Crippen molar-refractivity contribution in [2.45, 2.75) is 64.3 Å². The van der Waals surface area contributed by atoms with Crippen LogP contribution in [0.3, 0.4) is 0 Å². The second-order valence-electron chi connectivity index (χ2n) is 9.05. The van der Waals surface area contributed by atoms with Gasteiger partial charge < -0.3 is 19.1 Å². The Kier molecular flexibility index (Phi) is 6.52. The first-order valence-electron chi connectivity index (χ1n) is 11.2. The van der Waals surface area contributed by atoms with Crippen LogP contribution in [0.2, 0.25) is 5.02 Å². The number of ether oxygens (including phenoxy) is 3. The van der Waals surface area contributed by atoms with Gasteiger partial charge in [-0.1, -0.05) is 37.1 Å². The molecule has 5 nitrogen and oxygen atoms in total. The molecule has 0 spiro atoms. The Morgan fingerprint density at radius 3 is 2.62 bits per heavy atom. The number of carbonyl (C=O) groups is 1. The third kappa shape index (κ3) is 4.80. The summed E-state index contributed by atoms with van der Waals surface area (Å²) in [5.74, 6) is 1.01. The molecule has 0 radical (unpaired) electrons. The fraction of sp³-hybridized carbons (Fsp3) is 0.480. The lowest BCUT2D eigenvalue weighted by atomic mass is 9.89. The minimum atomic E-state index is -0.848. The molecular formula is C25H29ClFNO4. The molecule has 7 heteroatoms. The Labute approximate surface area is 193 Å². The van der Waals surface area contributed by atoms with E-state index in [1.165, 1.54) is 6.07 Å². The molecule has 0 aliphatic carbocycles. The molecule has 4 rings (SSSR count). The van der Waals surface area contributed by atoms with Crippen LogP contribution < -0.4 is 9.47 Å². The highest BCUT2D eigenvalue weighted by Crippen LogP contribution is 2.47. The number of rotatable bonds is 5. The molecule has 32 heavy (non-hydrogen) atoms. The van der Waals surface area contributed by atoms with Gasteiger partial charge >= 0.3 is 6.09 Å². The van der Waals surface area contributed by atoms with E-state index in [0.717, 1.165) is 31.2 Å². The molecular weight excluding hydrogens is 433 g/mol. The number of benzene rings is 2. The molecule has 2 aromatic rings. The number of para-hydroxylation sites is 1. The molecule has 2 heterocycles. The van der Waals surface area contributed by atoms with E-state index in [9.17, 15) is 9.18 Å². The van der Waals surface area contributed by atoms with Crippen LogP contribution in [-0.2, 0) is 4.74 Å². The van der Waals surface area contributed by atoms with E-state index in [-0.39, 0.29) is 12.0 Å². The summed E-state index contributed by atoms with van der Waals surface area (Å²) < 4.78 is 32.0. The van der Waals surface area contributed by atoms with Crippen molar-refractivity contribution in [1.29, 1.82) is 0 Å². The second-order valence-corrected chi connectivity index (χ2v) is 9.48. The highest BCUT2D eigenvalue weighted by molar-refractivity contribution is 6.30. The number of carbonyl (C=O) groups excluding carboxylic acids is 1. The van der Waals surface area contributed by atoms with Crippen LogP contribution in [0.1, 0.15) is 69.8 Å². The Morgan fingerprint density at radius 2 is 1.94 bits per heavy atom. The van der Waals surface area contributed by atoms with Crippen LogP contribution in [-0.4, -0.2) is 29.7 Å².